The van der Waals surface area contributed by atoms with Crippen molar-refractivity contribution in [3.8, 4) is 0 Å². The van der Waals surface area contributed by atoms with Crippen LogP contribution in [0.2, 0.25) is 0 Å². The van der Waals surface area contributed by atoms with E-state index in [9.17, 15) is 26.4 Å². The standard InChI is InChI=1S/C17H13F3N4O3S/c1-9-15(16(25)21-12-6-7-13(19)14(20)8-12)17(23-22-9)28(26,27)24-11-4-2-10(18)3-5-11/h2-8,24H,1H3,(H,21,25)(H,22,23). The average Bonchev–Trinajstić information content (AvgIpc) is 3.03. The molecule has 0 aliphatic heterocycles. The summed E-state index contributed by atoms with van der Waals surface area (Å²) < 4.78 is 66.7. The molecular weight excluding hydrogens is 397 g/mol. The smallest absolute Gasteiger partial charge is 0.282 e. The van der Waals surface area contributed by atoms with Gasteiger partial charge in [-0.3, -0.25) is 14.6 Å². The van der Waals surface area contributed by atoms with E-state index < -0.39 is 38.4 Å². The van der Waals surface area contributed by atoms with Crippen molar-refractivity contribution >= 4 is 27.3 Å². The number of halogens is 3. The highest BCUT2D eigenvalue weighted by atomic mass is 32.2. The first-order chi connectivity index (χ1) is 13.2. The first-order valence-electron chi connectivity index (χ1n) is 7.77. The minimum Gasteiger partial charge on any atom is -0.322 e. The van der Waals surface area contributed by atoms with Crippen molar-refractivity contribution in [2.45, 2.75) is 11.9 Å². The van der Waals surface area contributed by atoms with Crippen molar-refractivity contribution in [1.29, 1.82) is 0 Å². The summed E-state index contributed by atoms with van der Waals surface area (Å²) in [6, 6.07) is 7.22. The van der Waals surface area contributed by atoms with Gasteiger partial charge in [0.05, 0.1) is 0 Å². The molecule has 0 fully saturated rings. The molecule has 3 rings (SSSR count). The third-order valence-corrected chi connectivity index (χ3v) is 4.98. The van der Waals surface area contributed by atoms with Crippen LogP contribution in [-0.4, -0.2) is 24.5 Å². The lowest BCUT2D eigenvalue weighted by molar-refractivity contribution is 0.102. The summed E-state index contributed by atoms with van der Waals surface area (Å²) in [6.07, 6.45) is 0. The van der Waals surface area contributed by atoms with Crippen molar-refractivity contribution < 1.29 is 26.4 Å². The average molecular weight is 410 g/mol. The van der Waals surface area contributed by atoms with E-state index in [-0.39, 0.29) is 22.6 Å². The fourth-order valence-corrected chi connectivity index (χ4v) is 3.58. The van der Waals surface area contributed by atoms with Crippen LogP contribution in [0.1, 0.15) is 16.1 Å². The highest BCUT2D eigenvalue weighted by Crippen LogP contribution is 2.22. The van der Waals surface area contributed by atoms with Gasteiger partial charge in [0.25, 0.3) is 15.9 Å². The van der Waals surface area contributed by atoms with Crippen LogP contribution in [-0.2, 0) is 10.0 Å². The molecule has 2 aromatic carbocycles. The molecule has 0 bridgehead atoms. The number of sulfonamides is 1. The molecule has 3 aromatic rings. The molecule has 7 nitrogen and oxygen atoms in total. The lowest BCUT2D eigenvalue weighted by Gasteiger charge is -2.09. The fraction of sp³-hybridized carbons (Fsp3) is 0.0588. The second kappa shape index (κ2) is 7.35. The third kappa shape index (κ3) is 3.98. The Bertz CT molecular complexity index is 1140. The van der Waals surface area contributed by atoms with Gasteiger partial charge < -0.3 is 5.32 Å². The monoisotopic (exact) mass is 410 g/mol. The topological polar surface area (TPSA) is 104 Å². The van der Waals surface area contributed by atoms with Crippen LogP contribution in [0.25, 0.3) is 0 Å². The van der Waals surface area contributed by atoms with Crippen LogP contribution >= 0.6 is 0 Å². The van der Waals surface area contributed by atoms with E-state index in [1.165, 1.54) is 19.1 Å². The van der Waals surface area contributed by atoms with Crippen LogP contribution in [0, 0.1) is 24.4 Å². The number of carbonyl (C=O) groups excluding carboxylic acids is 1. The summed E-state index contributed by atoms with van der Waals surface area (Å²) in [5.74, 6) is -3.71. The van der Waals surface area contributed by atoms with Crippen molar-refractivity contribution in [3.05, 3.63) is 71.2 Å². The Hall–Kier alpha value is -3.34. The van der Waals surface area contributed by atoms with Crippen molar-refractivity contribution in [1.82, 2.24) is 10.2 Å². The molecule has 0 aliphatic rings. The number of H-pyrrole nitrogens is 1. The van der Waals surface area contributed by atoms with E-state index in [1.807, 2.05) is 0 Å². The molecule has 0 spiro atoms. The molecule has 1 aromatic heterocycles. The number of aromatic amines is 1. The molecular formula is C17H13F3N4O3S. The molecule has 28 heavy (non-hydrogen) atoms. The first-order valence-corrected chi connectivity index (χ1v) is 9.25. The van der Waals surface area contributed by atoms with Gasteiger partial charge in [-0.05, 0) is 43.3 Å². The zero-order chi connectivity index (χ0) is 20.5. The minimum atomic E-state index is -4.30. The number of nitrogens with one attached hydrogen (secondary N) is 3. The van der Waals surface area contributed by atoms with E-state index in [0.29, 0.717) is 0 Å². The van der Waals surface area contributed by atoms with E-state index >= 15 is 0 Å². The lowest BCUT2D eigenvalue weighted by Crippen LogP contribution is -2.20. The quantitative estimate of drug-likeness (QED) is 0.601. The molecule has 0 radical (unpaired) electrons. The third-order valence-electron chi connectivity index (χ3n) is 3.67. The molecule has 11 heteroatoms. The number of aryl methyl sites for hydroxylation is 1. The number of anilines is 2. The van der Waals surface area contributed by atoms with Crippen LogP contribution in [0.15, 0.2) is 47.5 Å². The Labute approximate surface area is 157 Å². The zero-order valence-electron chi connectivity index (χ0n) is 14.3. The van der Waals surface area contributed by atoms with Gasteiger partial charge in [-0.1, -0.05) is 0 Å². The Morgan fingerprint density at radius 3 is 2.29 bits per heavy atom. The summed E-state index contributed by atoms with van der Waals surface area (Å²) in [7, 11) is -4.30. The summed E-state index contributed by atoms with van der Waals surface area (Å²) in [4.78, 5) is 12.5. The largest absolute Gasteiger partial charge is 0.322 e. The predicted octanol–water partition coefficient (Wildman–Crippen LogP) is 3.19. The van der Waals surface area contributed by atoms with Crippen molar-refractivity contribution in [2.24, 2.45) is 0 Å². The number of amides is 1. The van der Waals surface area contributed by atoms with Crippen molar-refractivity contribution in [2.75, 3.05) is 10.0 Å². The van der Waals surface area contributed by atoms with Gasteiger partial charge in [0.2, 0.25) is 5.03 Å². The van der Waals surface area contributed by atoms with Gasteiger partial charge in [-0.15, -0.1) is 0 Å². The SMILES string of the molecule is Cc1[nH]nc(S(=O)(=O)Nc2ccc(F)cc2)c1C(=O)Nc1ccc(F)c(F)c1. The van der Waals surface area contributed by atoms with E-state index in [4.69, 9.17) is 0 Å². The second-order valence-corrected chi connectivity index (χ2v) is 7.32. The maximum atomic E-state index is 13.3. The van der Waals surface area contributed by atoms with Gasteiger partial charge in [-0.2, -0.15) is 13.5 Å². The first kappa shape index (κ1) is 19.4. The number of benzene rings is 2. The summed E-state index contributed by atoms with van der Waals surface area (Å²) >= 11 is 0. The number of rotatable bonds is 5. The maximum absolute atomic E-state index is 13.3. The van der Waals surface area contributed by atoms with Gasteiger partial charge in [-0.25, -0.2) is 13.2 Å². The van der Waals surface area contributed by atoms with Gasteiger partial charge >= 0.3 is 0 Å². The van der Waals surface area contributed by atoms with Crippen molar-refractivity contribution in [3.63, 3.8) is 0 Å². The minimum absolute atomic E-state index is 0.0639. The fourth-order valence-electron chi connectivity index (χ4n) is 2.36. The lowest BCUT2D eigenvalue weighted by atomic mass is 10.2. The normalized spacial score (nSPS) is 11.3. The van der Waals surface area contributed by atoms with Crippen LogP contribution in [0.4, 0.5) is 24.5 Å². The number of hydrogen-bond acceptors (Lipinski definition) is 4. The van der Waals surface area contributed by atoms with Gasteiger partial charge in [0.1, 0.15) is 11.4 Å². The van der Waals surface area contributed by atoms with Crippen LogP contribution < -0.4 is 10.0 Å². The number of hydrogen-bond donors (Lipinski definition) is 3. The Morgan fingerprint density at radius 1 is 1.00 bits per heavy atom. The number of nitrogens with zero attached hydrogens (tertiary/aromatic N) is 1. The summed E-state index contributed by atoms with van der Waals surface area (Å²) in [5, 5.41) is 7.74. The second-order valence-electron chi connectivity index (χ2n) is 5.72. The Kier molecular flexibility index (Phi) is 5.10. The number of carbonyl (C=O) groups is 1. The number of aromatic nitrogens is 2. The maximum Gasteiger partial charge on any atom is 0.282 e. The highest BCUT2D eigenvalue weighted by Gasteiger charge is 2.28. The molecule has 1 heterocycles. The Balaban J connectivity index is 1.90. The molecule has 3 N–H and O–H groups in total. The predicted molar refractivity (Wildman–Crippen MR) is 94.8 cm³/mol. The zero-order valence-corrected chi connectivity index (χ0v) is 15.1. The van der Waals surface area contributed by atoms with E-state index in [2.05, 4.69) is 20.2 Å². The van der Waals surface area contributed by atoms with E-state index in [0.717, 1.165) is 30.3 Å². The molecule has 0 atom stereocenters. The van der Waals surface area contributed by atoms with Gasteiger partial charge in [0.15, 0.2) is 11.6 Å². The molecule has 0 aliphatic carbocycles. The molecule has 1 amide bonds. The summed E-state index contributed by atoms with van der Waals surface area (Å²) in [5.41, 5.74) is -0.174. The molecule has 0 saturated carbocycles. The molecule has 0 saturated heterocycles. The van der Waals surface area contributed by atoms with Crippen LogP contribution in [0.5, 0.6) is 0 Å². The highest BCUT2D eigenvalue weighted by molar-refractivity contribution is 7.92. The van der Waals surface area contributed by atoms with E-state index in [1.54, 1.807) is 0 Å². The van der Waals surface area contributed by atoms with Gasteiger partial charge in [0, 0.05) is 23.1 Å². The molecule has 0 unspecified atom stereocenters. The Morgan fingerprint density at radius 2 is 1.64 bits per heavy atom. The summed E-state index contributed by atoms with van der Waals surface area (Å²) in [6.45, 7) is 1.42. The molecule has 146 valence electrons. The van der Waals surface area contributed by atoms with Crippen LogP contribution in [0.3, 0.4) is 0 Å².